The molecule has 0 radical (unpaired) electrons. The monoisotopic (exact) mass is 551 g/mol. The van der Waals surface area contributed by atoms with E-state index in [0.717, 1.165) is 15.7 Å². The predicted molar refractivity (Wildman–Crippen MR) is 142 cm³/mol. The van der Waals surface area contributed by atoms with Gasteiger partial charge < -0.3 is 4.74 Å². The summed E-state index contributed by atoms with van der Waals surface area (Å²) in [4.78, 5) is 28.6. The van der Waals surface area contributed by atoms with Gasteiger partial charge in [0.15, 0.2) is 0 Å². The van der Waals surface area contributed by atoms with Crippen LogP contribution in [0.1, 0.15) is 5.56 Å². The zero-order chi connectivity index (χ0) is 23.7. The maximum absolute atomic E-state index is 13.9. The molecule has 2 heterocycles. The predicted octanol–water partition coefficient (Wildman–Crippen LogP) is 5.92. The van der Waals surface area contributed by atoms with Gasteiger partial charge in [-0.05, 0) is 59.8 Å². The van der Waals surface area contributed by atoms with Crippen LogP contribution in [-0.2, 0) is 14.3 Å². The Morgan fingerprint density at radius 1 is 0.941 bits per heavy atom. The Kier molecular flexibility index (Phi) is 6.24. The number of rotatable bonds is 4. The first-order valence-corrected chi connectivity index (χ1v) is 12.7. The second-order valence-electron chi connectivity index (χ2n) is 7.33. The number of thioether (sulfide) groups is 2. The lowest BCUT2D eigenvalue weighted by Crippen LogP contribution is -2.51. The third-order valence-corrected chi connectivity index (χ3v) is 8.40. The van der Waals surface area contributed by atoms with E-state index in [0.29, 0.717) is 10.6 Å². The number of ether oxygens (including phenoxy) is 1. The smallest absolute Gasteiger partial charge is 0.365 e. The van der Waals surface area contributed by atoms with Crippen molar-refractivity contribution in [3.05, 3.63) is 99.9 Å². The summed E-state index contributed by atoms with van der Waals surface area (Å²) < 4.78 is 4.85. The van der Waals surface area contributed by atoms with Gasteiger partial charge in [-0.2, -0.15) is 5.10 Å². The molecule has 0 aromatic heterocycles. The van der Waals surface area contributed by atoms with Crippen LogP contribution in [0.5, 0.6) is 0 Å². The summed E-state index contributed by atoms with van der Waals surface area (Å²) in [5, 5.41) is 6.52. The zero-order valence-electron chi connectivity index (χ0n) is 17.9. The molecule has 0 N–H and O–H groups in total. The number of nitrogens with zero attached hydrogens (tertiary/aromatic N) is 3. The highest BCUT2D eigenvalue weighted by Gasteiger charge is 2.60. The molecular weight excluding hydrogens is 534 g/mol. The summed E-state index contributed by atoms with van der Waals surface area (Å²) in [6.07, 6.45) is 1.87. The number of hydrogen-bond acceptors (Lipinski definition) is 7. The van der Waals surface area contributed by atoms with Crippen LogP contribution in [-0.4, -0.2) is 28.4 Å². The highest BCUT2D eigenvalue weighted by atomic mass is 79.9. The average Bonchev–Trinajstić information content (AvgIpc) is 3.38. The van der Waals surface area contributed by atoms with Gasteiger partial charge in [0.2, 0.25) is 9.37 Å². The molecule has 6 nitrogen and oxygen atoms in total. The molecule has 1 saturated heterocycles. The van der Waals surface area contributed by atoms with Crippen molar-refractivity contribution in [1.82, 2.24) is 0 Å². The van der Waals surface area contributed by atoms with Gasteiger partial charge in [0.1, 0.15) is 0 Å². The van der Waals surface area contributed by atoms with E-state index < -0.39 is 10.3 Å². The number of hydrogen-bond donors (Lipinski definition) is 0. The number of amides is 1. The van der Waals surface area contributed by atoms with Crippen molar-refractivity contribution < 1.29 is 14.3 Å². The Morgan fingerprint density at radius 3 is 2.18 bits per heavy atom. The van der Waals surface area contributed by atoms with Crippen molar-refractivity contribution in [2.45, 2.75) is 4.33 Å². The first kappa shape index (κ1) is 22.8. The molecule has 0 saturated carbocycles. The van der Waals surface area contributed by atoms with E-state index in [1.165, 1.54) is 30.6 Å². The number of carbonyl (C=O) groups is 2. The van der Waals surface area contributed by atoms with Gasteiger partial charge in [-0.3, -0.25) is 9.69 Å². The summed E-state index contributed by atoms with van der Waals surface area (Å²) in [7, 11) is 1.32. The van der Waals surface area contributed by atoms with Gasteiger partial charge in [-0.15, -0.1) is 0 Å². The molecular formula is C25H18BrN3O3S2. The van der Waals surface area contributed by atoms with Crippen LogP contribution in [0.15, 0.2) is 99.4 Å². The SMILES string of the molecule is COC(=O)C1=NN(c2ccccc2)[C@]2(S1)S/C(=C/c1ccc(Br)cc1)C(=O)N2c1ccccc1. The van der Waals surface area contributed by atoms with Crippen molar-refractivity contribution in [3.63, 3.8) is 0 Å². The van der Waals surface area contributed by atoms with Gasteiger partial charge in [0, 0.05) is 10.2 Å². The number of carbonyl (C=O) groups excluding carboxylic acids is 2. The summed E-state index contributed by atoms with van der Waals surface area (Å²) in [5.74, 6) is -0.719. The van der Waals surface area contributed by atoms with E-state index in [1.807, 2.05) is 91.0 Å². The summed E-state index contributed by atoms with van der Waals surface area (Å²) in [5.41, 5.74) is 2.35. The number of halogens is 1. The molecule has 1 spiro atoms. The molecule has 3 aromatic carbocycles. The van der Waals surface area contributed by atoms with Gasteiger partial charge in [0.25, 0.3) is 5.91 Å². The minimum Gasteiger partial charge on any atom is -0.464 e. The third-order valence-electron chi connectivity index (χ3n) is 5.17. The van der Waals surface area contributed by atoms with Crippen molar-refractivity contribution in [2.75, 3.05) is 17.0 Å². The molecule has 170 valence electrons. The van der Waals surface area contributed by atoms with Crippen molar-refractivity contribution in [2.24, 2.45) is 5.10 Å². The molecule has 3 aromatic rings. The molecule has 0 bridgehead atoms. The van der Waals surface area contributed by atoms with E-state index in [1.54, 1.807) is 9.91 Å². The maximum Gasteiger partial charge on any atom is 0.365 e. The molecule has 1 fully saturated rings. The van der Waals surface area contributed by atoms with Crippen molar-refractivity contribution >= 4 is 73.8 Å². The van der Waals surface area contributed by atoms with E-state index >= 15 is 0 Å². The highest BCUT2D eigenvalue weighted by molar-refractivity contribution is 9.10. The number of hydrazone groups is 1. The first-order valence-electron chi connectivity index (χ1n) is 10.3. The molecule has 0 aliphatic carbocycles. The van der Waals surface area contributed by atoms with Crippen LogP contribution >= 0.6 is 39.5 Å². The Hall–Kier alpha value is -3.01. The Bertz CT molecular complexity index is 1300. The lowest BCUT2D eigenvalue weighted by atomic mass is 10.2. The fraction of sp³-hybridized carbons (Fsp3) is 0.0800. The van der Waals surface area contributed by atoms with Crippen molar-refractivity contribution in [1.29, 1.82) is 0 Å². The lowest BCUT2D eigenvalue weighted by molar-refractivity contribution is -0.132. The number of anilines is 2. The van der Waals surface area contributed by atoms with Crippen LogP contribution in [0.2, 0.25) is 0 Å². The molecule has 34 heavy (non-hydrogen) atoms. The molecule has 1 amide bonds. The maximum atomic E-state index is 13.9. The van der Waals surface area contributed by atoms with Crippen LogP contribution in [0.3, 0.4) is 0 Å². The van der Waals surface area contributed by atoms with Crippen LogP contribution in [0.25, 0.3) is 6.08 Å². The number of para-hydroxylation sites is 2. The Balaban J connectivity index is 1.67. The largest absolute Gasteiger partial charge is 0.464 e. The quantitative estimate of drug-likeness (QED) is 0.296. The molecule has 0 unspecified atom stereocenters. The first-order chi connectivity index (χ1) is 16.5. The van der Waals surface area contributed by atoms with Gasteiger partial charge >= 0.3 is 5.97 Å². The minimum absolute atomic E-state index is 0.172. The third kappa shape index (κ3) is 4.04. The lowest BCUT2D eigenvalue weighted by Gasteiger charge is -2.38. The molecule has 2 aliphatic rings. The second-order valence-corrected chi connectivity index (χ2v) is 10.9. The van der Waals surface area contributed by atoms with Gasteiger partial charge in [0.05, 0.1) is 17.7 Å². The van der Waals surface area contributed by atoms with E-state index in [2.05, 4.69) is 21.0 Å². The Labute approximate surface area is 213 Å². The van der Waals surface area contributed by atoms with Gasteiger partial charge in [-0.25, -0.2) is 9.80 Å². The van der Waals surface area contributed by atoms with Crippen LogP contribution in [0.4, 0.5) is 11.4 Å². The molecule has 2 aliphatic heterocycles. The highest BCUT2D eigenvalue weighted by Crippen LogP contribution is 2.59. The van der Waals surface area contributed by atoms with Crippen LogP contribution < -0.4 is 9.91 Å². The fourth-order valence-corrected chi connectivity index (χ4v) is 6.80. The van der Waals surface area contributed by atoms with Crippen LogP contribution in [0, 0.1) is 0 Å². The summed E-state index contributed by atoms with van der Waals surface area (Å²) in [6.45, 7) is 0. The minimum atomic E-state index is -1.08. The topological polar surface area (TPSA) is 62.2 Å². The average molecular weight is 552 g/mol. The second kappa shape index (κ2) is 9.32. The van der Waals surface area contributed by atoms with E-state index in [4.69, 9.17) is 4.74 Å². The fourth-order valence-electron chi connectivity index (χ4n) is 3.64. The number of methoxy groups -OCH3 is 1. The standard InChI is InChI=1S/C25H18BrN3O3S2/c1-32-24(31)22-27-29(20-10-6-3-7-11-20)25(34-22)28(19-8-4-2-5-9-19)23(30)21(33-25)16-17-12-14-18(26)15-13-17/h2-16H,1H3/b21-16+/t25-/m0/s1. The normalized spacial score (nSPS) is 20.8. The summed E-state index contributed by atoms with van der Waals surface area (Å²) >= 11 is 6.01. The summed E-state index contributed by atoms with van der Waals surface area (Å²) in [6, 6.07) is 26.7. The molecule has 9 heteroatoms. The Morgan fingerprint density at radius 2 is 1.56 bits per heavy atom. The molecule has 5 rings (SSSR count). The zero-order valence-corrected chi connectivity index (χ0v) is 21.1. The number of esters is 1. The van der Waals surface area contributed by atoms with E-state index in [9.17, 15) is 9.59 Å². The van der Waals surface area contributed by atoms with Crippen molar-refractivity contribution in [3.8, 4) is 0 Å². The number of benzene rings is 3. The molecule has 1 atom stereocenters. The van der Waals surface area contributed by atoms with E-state index in [-0.39, 0.29) is 11.0 Å². The van der Waals surface area contributed by atoms with Gasteiger partial charge in [-0.1, -0.05) is 76.2 Å².